The predicted octanol–water partition coefficient (Wildman–Crippen LogP) is 1.65. The molecule has 1 fully saturated rings. The highest BCUT2D eigenvalue weighted by molar-refractivity contribution is 6.06. The molecule has 3 N–H and O–H groups in total. The lowest BCUT2D eigenvalue weighted by molar-refractivity contribution is 0.0743. The fraction of sp³-hybridized carbons (Fsp3) is 0.333. The fourth-order valence-corrected chi connectivity index (χ4v) is 2.91. The van der Waals surface area contributed by atoms with Gasteiger partial charge in [-0.05, 0) is 31.0 Å². The molecule has 3 rings (SSSR count). The predicted molar refractivity (Wildman–Crippen MR) is 84.9 cm³/mol. The number of aromatic amines is 1. The van der Waals surface area contributed by atoms with E-state index in [2.05, 4.69) is 4.98 Å². The number of likely N-dealkylation sites (tertiary alicyclic amines) is 1. The molecule has 7 heteroatoms. The number of rotatable bonds is 2. The topological polar surface area (TPSA) is 79.2 Å². The second-order valence-electron chi connectivity index (χ2n) is 5.27. The number of pyridine rings is 1. The third-order valence-corrected chi connectivity index (χ3v) is 3.95. The zero-order valence-corrected chi connectivity index (χ0v) is 12.7. The normalized spacial score (nSPS) is 17.5. The van der Waals surface area contributed by atoms with Crippen LogP contribution in [0.2, 0.25) is 0 Å². The van der Waals surface area contributed by atoms with Crippen LogP contribution in [0.3, 0.4) is 0 Å². The van der Waals surface area contributed by atoms with Gasteiger partial charge in [-0.25, -0.2) is 4.39 Å². The summed E-state index contributed by atoms with van der Waals surface area (Å²) in [7, 11) is 0. The molecule has 0 saturated carbocycles. The van der Waals surface area contributed by atoms with E-state index in [9.17, 15) is 14.0 Å². The van der Waals surface area contributed by atoms with Crippen LogP contribution < -0.4 is 11.3 Å². The maximum Gasteiger partial charge on any atom is 0.255 e. The van der Waals surface area contributed by atoms with Crippen LogP contribution in [-0.2, 0) is 0 Å². The molecule has 0 radical (unpaired) electrons. The molecule has 1 amide bonds. The standard InChI is InChI=1S/C15H16FN3O2.ClH/c16-9-3-4-11-12(7-14(20)18-13(11)6-9)15(21)19-5-1-2-10(19)8-17;/h3-4,6-7,10H,1-2,5,8,17H2,(H,18,20);1H. The minimum absolute atomic E-state index is 0. The lowest BCUT2D eigenvalue weighted by Crippen LogP contribution is -2.40. The van der Waals surface area contributed by atoms with Gasteiger partial charge >= 0.3 is 0 Å². The first-order valence-electron chi connectivity index (χ1n) is 6.94. The van der Waals surface area contributed by atoms with E-state index in [1.807, 2.05) is 0 Å². The Balaban J connectivity index is 0.00000176. The fourth-order valence-electron chi connectivity index (χ4n) is 2.91. The Kier molecular flexibility index (Phi) is 4.83. The molecular formula is C15H17ClFN3O2. The molecule has 1 saturated heterocycles. The van der Waals surface area contributed by atoms with E-state index < -0.39 is 11.4 Å². The Morgan fingerprint density at radius 2 is 2.18 bits per heavy atom. The summed E-state index contributed by atoms with van der Waals surface area (Å²) < 4.78 is 13.3. The van der Waals surface area contributed by atoms with Crippen LogP contribution in [0.15, 0.2) is 29.1 Å². The second-order valence-corrected chi connectivity index (χ2v) is 5.27. The lowest BCUT2D eigenvalue weighted by Gasteiger charge is -2.24. The monoisotopic (exact) mass is 325 g/mol. The van der Waals surface area contributed by atoms with E-state index in [-0.39, 0.29) is 24.4 Å². The van der Waals surface area contributed by atoms with Gasteiger partial charge < -0.3 is 15.6 Å². The number of hydrogen-bond acceptors (Lipinski definition) is 3. The van der Waals surface area contributed by atoms with Crippen LogP contribution in [-0.4, -0.2) is 34.9 Å². The van der Waals surface area contributed by atoms with E-state index in [1.54, 1.807) is 4.90 Å². The molecule has 0 bridgehead atoms. The Morgan fingerprint density at radius 3 is 2.91 bits per heavy atom. The van der Waals surface area contributed by atoms with Gasteiger partial charge in [-0.15, -0.1) is 12.4 Å². The van der Waals surface area contributed by atoms with Crippen molar-refractivity contribution in [2.45, 2.75) is 18.9 Å². The summed E-state index contributed by atoms with van der Waals surface area (Å²) in [5.41, 5.74) is 5.90. The minimum Gasteiger partial charge on any atom is -0.334 e. The van der Waals surface area contributed by atoms with Crippen molar-refractivity contribution in [3.05, 3.63) is 46.0 Å². The number of H-pyrrole nitrogens is 1. The Labute approximate surface area is 132 Å². The molecule has 0 aliphatic carbocycles. The first kappa shape index (κ1) is 16.5. The van der Waals surface area contributed by atoms with E-state index in [1.165, 1.54) is 24.3 Å². The molecule has 1 aromatic heterocycles. The van der Waals surface area contributed by atoms with Crippen LogP contribution in [0.25, 0.3) is 10.9 Å². The SMILES string of the molecule is Cl.NCC1CCCN1C(=O)c1cc(=O)[nH]c2cc(F)ccc12. The number of carbonyl (C=O) groups is 1. The van der Waals surface area contributed by atoms with Gasteiger partial charge in [0, 0.05) is 30.6 Å². The number of fused-ring (bicyclic) bond motifs is 1. The van der Waals surface area contributed by atoms with Crippen molar-refractivity contribution in [3.63, 3.8) is 0 Å². The largest absolute Gasteiger partial charge is 0.334 e. The third-order valence-electron chi connectivity index (χ3n) is 3.95. The summed E-state index contributed by atoms with van der Waals surface area (Å²) in [5, 5.41) is 0.545. The van der Waals surface area contributed by atoms with E-state index >= 15 is 0 Å². The van der Waals surface area contributed by atoms with Gasteiger partial charge in [0.25, 0.3) is 5.91 Å². The maximum atomic E-state index is 13.3. The molecule has 1 aliphatic heterocycles. The van der Waals surface area contributed by atoms with Crippen molar-refractivity contribution in [2.24, 2.45) is 5.73 Å². The van der Waals surface area contributed by atoms with Gasteiger partial charge in [-0.2, -0.15) is 0 Å². The first-order chi connectivity index (χ1) is 10.1. The summed E-state index contributed by atoms with van der Waals surface area (Å²) in [6, 6.07) is 5.29. The highest BCUT2D eigenvalue weighted by Crippen LogP contribution is 2.23. The number of nitrogens with one attached hydrogen (secondary N) is 1. The Bertz CT molecular complexity index is 762. The summed E-state index contributed by atoms with van der Waals surface area (Å²) >= 11 is 0. The van der Waals surface area contributed by atoms with Crippen molar-refractivity contribution >= 4 is 29.2 Å². The van der Waals surface area contributed by atoms with Gasteiger partial charge in [0.1, 0.15) is 5.82 Å². The van der Waals surface area contributed by atoms with E-state index in [4.69, 9.17) is 5.73 Å². The molecule has 5 nitrogen and oxygen atoms in total. The Morgan fingerprint density at radius 1 is 1.41 bits per heavy atom. The average molecular weight is 326 g/mol. The minimum atomic E-state index is -0.455. The van der Waals surface area contributed by atoms with Crippen molar-refractivity contribution < 1.29 is 9.18 Å². The van der Waals surface area contributed by atoms with Gasteiger partial charge in [0.05, 0.1) is 11.1 Å². The summed E-state index contributed by atoms with van der Waals surface area (Å²) in [4.78, 5) is 28.7. The molecule has 1 aromatic carbocycles. The average Bonchev–Trinajstić information content (AvgIpc) is 2.93. The summed E-state index contributed by atoms with van der Waals surface area (Å²) in [6.07, 6.45) is 1.78. The Hall–Kier alpha value is -1.92. The molecule has 1 aliphatic rings. The van der Waals surface area contributed by atoms with Crippen molar-refractivity contribution in [1.29, 1.82) is 0 Å². The van der Waals surface area contributed by atoms with Gasteiger partial charge in [-0.3, -0.25) is 9.59 Å². The smallest absolute Gasteiger partial charge is 0.255 e. The van der Waals surface area contributed by atoms with Crippen LogP contribution in [0.4, 0.5) is 4.39 Å². The van der Waals surface area contributed by atoms with E-state index in [0.717, 1.165) is 12.8 Å². The molecule has 0 spiro atoms. The number of nitrogens with zero attached hydrogens (tertiary/aromatic N) is 1. The number of hydrogen-bond donors (Lipinski definition) is 2. The molecule has 1 atom stereocenters. The lowest BCUT2D eigenvalue weighted by atomic mass is 10.1. The number of aromatic nitrogens is 1. The van der Waals surface area contributed by atoms with E-state index in [0.29, 0.717) is 29.6 Å². The number of benzene rings is 1. The van der Waals surface area contributed by atoms with Crippen molar-refractivity contribution in [2.75, 3.05) is 13.1 Å². The molecule has 2 aromatic rings. The molecule has 118 valence electrons. The van der Waals surface area contributed by atoms with Gasteiger partial charge in [0.2, 0.25) is 5.56 Å². The quantitative estimate of drug-likeness (QED) is 0.881. The van der Waals surface area contributed by atoms with Gasteiger partial charge in [0.15, 0.2) is 0 Å². The number of halogens is 2. The zero-order valence-electron chi connectivity index (χ0n) is 11.8. The van der Waals surface area contributed by atoms with Crippen LogP contribution in [0.5, 0.6) is 0 Å². The zero-order chi connectivity index (χ0) is 15.0. The molecule has 2 heterocycles. The van der Waals surface area contributed by atoms with Crippen LogP contribution in [0.1, 0.15) is 23.2 Å². The molecular weight excluding hydrogens is 309 g/mol. The highest BCUT2D eigenvalue weighted by Gasteiger charge is 2.29. The summed E-state index contributed by atoms with van der Waals surface area (Å²) in [5.74, 6) is -0.672. The van der Waals surface area contributed by atoms with Gasteiger partial charge in [-0.1, -0.05) is 0 Å². The van der Waals surface area contributed by atoms with Crippen LogP contribution >= 0.6 is 12.4 Å². The summed E-state index contributed by atoms with van der Waals surface area (Å²) in [6.45, 7) is 1.04. The van der Waals surface area contributed by atoms with Crippen molar-refractivity contribution in [3.8, 4) is 0 Å². The first-order valence-corrected chi connectivity index (χ1v) is 6.94. The highest BCUT2D eigenvalue weighted by atomic mass is 35.5. The second kappa shape index (κ2) is 6.46. The number of nitrogens with two attached hydrogens (primary N) is 1. The number of amides is 1. The maximum absolute atomic E-state index is 13.3. The molecule has 22 heavy (non-hydrogen) atoms. The third kappa shape index (κ3) is 2.84. The van der Waals surface area contributed by atoms with Crippen LogP contribution in [0, 0.1) is 5.82 Å². The van der Waals surface area contributed by atoms with Crippen molar-refractivity contribution in [1.82, 2.24) is 9.88 Å². The number of carbonyl (C=O) groups excluding carboxylic acids is 1. The molecule has 1 unspecified atom stereocenters.